The summed E-state index contributed by atoms with van der Waals surface area (Å²) < 4.78 is 17.7. The van der Waals surface area contributed by atoms with E-state index >= 15 is 0 Å². The van der Waals surface area contributed by atoms with E-state index in [0.717, 1.165) is 11.1 Å². The molecule has 2 aromatic rings. The molecule has 2 saturated heterocycles. The number of benzene rings is 2. The van der Waals surface area contributed by atoms with Crippen LogP contribution in [0, 0.1) is 0 Å². The average molecular weight is 341 g/mol. The predicted octanol–water partition coefficient (Wildman–Crippen LogP) is 3.34. The van der Waals surface area contributed by atoms with Gasteiger partial charge in [0.2, 0.25) is 0 Å². The number of ether oxygens (including phenoxy) is 3. The molecule has 25 heavy (non-hydrogen) atoms. The fourth-order valence-corrected chi connectivity index (χ4v) is 3.66. The average Bonchev–Trinajstić information content (AvgIpc) is 3.12. The Kier molecular flexibility index (Phi) is 4.35. The van der Waals surface area contributed by atoms with Gasteiger partial charge in [0.1, 0.15) is 12.2 Å². The quantitative estimate of drug-likeness (QED) is 0.865. The third kappa shape index (κ3) is 3.21. The van der Waals surface area contributed by atoms with Crippen molar-refractivity contribution < 1.29 is 19.4 Å². The molecule has 2 aliphatic rings. The van der Waals surface area contributed by atoms with Crippen molar-refractivity contribution in [2.45, 2.75) is 44.1 Å². The number of nitrogens with zero attached hydrogens (tertiary/aromatic N) is 1. The van der Waals surface area contributed by atoms with Gasteiger partial charge in [-0.25, -0.2) is 0 Å². The molecule has 0 spiro atoms. The topological polar surface area (TPSA) is 51.2 Å². The van der Waals surface area contributed by atoms with Crippen molar-refractivity contribution in [1.82, 2.24) is 5.06 Å². The van der Waals surface area contributed by atoms with E-state index in [0.29, 0.717) is 6.61 Å². The number of hydrogen-bond acceptors (Lipinski definition) is 5. The second kappa shape index (κ2) is 6.52. The molecular formula is C20H23NO4. The van der Waals surface area contributed by atoms with Gasteiger partial charge in [0.25, 0.3) is 0 Å². The molecule has 132 valence electrons. The number of hydrogen-bond donors (Lipinski definition) is 1. The molecule has 3 atom stereocenters. The molecule has 0 aromatic heterocycles. The molecule has 0 aliphatic carbocycles. The van der Waals surface area contributed by atoms with Crippen molar-refractivity contribution in [3.8, 4) is 0 Å². The lowest BCUT2D eigenvalue weighted by molar-refractivity contribution is -0.262. The SMILES string of the molecule is CC1(C)O[C@H]2[C@H](N(O)C(c3ccccc3)c3ccccc3)OC[C@H]2O1. The van der Waals surface area contributed by atoms with E-state index in [2.05, 4.69) is 0 Å². The van der Waals surface area contributed by atoms with Crippen LogP contribution in [-0.4, -0.2) is 41.1 Å². The molecule has 0 bridgehead atoms. The lowest BCUT2D eigenvalue weighted by atomic mass is 9.98. The Balaban J connectivity index is 1.66. The fraction of sp³-hybridized carbons (Fsp3) is 0.400. The maximum Gasteiger partial charge on any atom is 0.164 e. The molecule has 2 aromatic carbocycles. The molecule has 0 amide bonds. The zero-order valence-electron chi connectivity index (χ0n) is 14.4. The maximum absolute atomic E-state index is 11.1. The van der Waals surface area contributed by atoms with E-state index in [-0.39, 0.29) is 18.2 Å². The van der Waals surface area contributed by atoms with Crippen molar-refractivity contribution in [2.24, 2.45) is 0 Å². The molecule has 4 rings (SSSR count). The van der Waals surface area contributed by atoms with Crippen LogP contribution in [-0.2, 0) is 14.2 Å². The maximum atomic E-state index is 11.1. The number of rotatable bonds is 4. The van der Waals surface area contributed by atoms with Crippen molar-refractivity contribution >= 4 is 0 Å². The molecule has 0 unspecified atom stereocenters. The van der Waals surface area contributed by atoms with E-state index in [1.54, 1.807) is 0 Å². The second-order valence-corrected chi connectivity index (χ2v) is 6.97. The van der Waals surface area contributed by atoms with Crippen molar-refractivity contribution in [3.63, 3.8) is 0 Å². The van der Waals surface area contributed by atoms with Crippen LogP contribution in [0.1, 0.15) is 31.0 Å². The van der Waals surface area contributed by atoms with Crippen molar-refractivity contribution in [3.05, 3.63) is 71.8 Å². The van der Waals surface area contributed by atoms with Gasteiger partial charge in [-0.05, 0) is 25.0 Å². The van der Waals surface area contributed by atoms with Crippen LogP contribution >= 0.6 is 0 Å². The first-order valence-electron chi connectivity index (χ1n) is 8.59. The summed E-state index contributed by atoms with van der Waals surface area (Å²) in [5.74, 6) is -0.660. The van der Waals surface area contributed by atoms with Gasteiger partial charge >= 0.3 is 0 Å². The minimum atomic E-state index is -0.660. The molecule has 5 nitrogen and oxygen atoms in total. The third-order valence-corrected chi connectivity index (χ3v) is 4.69. The third-order valence-electron chi connectivity index (χ3n) is 4.69. The highest BCUT2D eigenvalue weighted by molar-refractivity contribution is 5.31. The molecule has 1 N–H and O–H groups in total. The van der Waals surface area contributed by atoms with Gasteiger partial charge in [0.15, 0.2) is 12.0 Å². The molecule has 2 aliphatic heterocycles. The van der Waals surface area contributed by atoms with Crippen molar-refractivity contribution in [2.75, 3.05) is 6.61 Å². The fourth-order valence-electron chi connectivity index (χ4n) is 3.66. The van der Waals surface area contributed by atoms with Gasteiger partial charge in [0, 0.05) is 0 Å². The minimum absolute atomic E-state index is 0.165. The Morgan fingerprint density at radius 2 is 1.52 bits per heavy atom. The summed E-state index contributed by atoms with van der Waals surface area (Å²) >= 11 is 0. The van der Waals surface area contributed by atoms with Gasteiger partial charge in [-0.2, -0.15) is 0 Å². The first kappa shape index (κ1) is 16.7. The van der Waals surface area contributed by atoms with E-state index in [1.807, 2.05) is 74.5 Å². The van der Waals surface area contributed by atoms with Gasteiger partial charge in [-0.1, -0.05) is 60.7 Å². The van der Waals surface area contributed by atoms with E-state index in [4.69, 9.17) is 14.2 Å². The summed E-state index contributed by atoms with van der Waals surface area (Å²) in [5.41, 5.74) is 1.97. The van der Waals surface area contributed by atoms with Crippen LogP contribution < -0.4 is 0 Å². The number of fused-ring (bicyclic) bond motifs is 1. The highest BCUT2D eigenvalue weighted by atomic mass is 16.8. The van der Waals surface area contributed by atoms with Crippen LogP contribution in [0.5, 0.6) is 0 Å². The van der Waals surface area contributed by atoms with Crippen LogP contribution in [0.2, 0.25) is 0 Å². The minimum Gasteiger partial charge on any atom is -0.355 e. The Bertz CT molecular complexity index is 667. The van der Waals surface area contributed by atoms with E-state index in [9.17, 15) is 5.21 Å². The highest BCUT2D eigenvalue weighted by Crippen LogP contribution is 2.39. The van der Waals surface area contributed by atoms with Gasteiger partial charge in [0.05, 0.1) is 12.6 Å². The van der Waals surface area contributed by atoms with Gasteiger partial charge < -0.3 is 19.4 Å². The monoisotopic (exact) mass is 341 g/mol. The Morgan fingerprint density at radius 3 is 2.08 bits per heavy atom. The van der Waals surface area contributed by atoms with Crippen LogP contribution in [0.4, 0.5) is 0 Å². The Hall–Kier alpha value is -1.76. The lowest BCUT2D eigenvalue weighted by Crippen LogP contribution is -2.44. The summed E-state index contributed by atoms with van der Waals surface area (Å²) in [7, 11) is 0. The highest BCUT2D eigenvalue weighted by Gasteiger charge is 2.53. The zero-order chi connectivity index (χ0) is 17.4. The zero-order valence-corrected chi connectivity index (χ0v) is 14.4. The van der Waals surface area contributed by atoms with E-state index < -0.39 is 12.0 Å². The summed E-state index contributed by atoms with van der Waals surface area (Å²) in [5, 5.41) is 12.4. The van der Waals surface area contributed by atoms with Gasteiger partial charge in [-0.15, -0.1) is 5.06 Å². The smallest absolute Gasteiger partial charge is 0.164 e. The molecule has 2 heterocycles. The molecule has 5 heteroatoms. The van der Waals surface area contributed by atoms with Crippen LogP contribution in [0.3, 0.4) is 0 Å². The summed E-state index contributed by atoms with van der Waals surface area (Å²) in [6, 6.07) is 19.5. The Labute approximate surface area is 147 Å². The summed E-state index contributed by atoms with van der Waals surface area (Å²) in [4.78, 5) is 0. The molecule has 0 saturated carbocycles. The summed E-state index contributed by atoms with van der Waals surface area (Å²) in [6.07, 6.45) is -1.08. The largest absolute Gasteiger partial charge is 0.355 e. The molecule has 2 fully saturated rings. The van der Waals surface area contributed by atoms with Crippen LogP contribution in [0.25, 0.3) is 0 Å². The summed E-state index contributed by atoms with van der Waals surface area (Å²) in [6.45, 7) is 4.18. The van der Waals surface area contributed by atoms with E-state index in [1.165, 1.54) is 5.06 Å². The molecular weight excluding hydrogens is 318 g/mol. The van der Waals surface area contributed by atoms with Gasteiger partial charge in [-0.3, -0.25) is 0 Å². The first-order chi connectivity index (χ1) is 12.1. The lowest BCUT2D eigenvalue weighted by Gasteiger charge is -2.33. The Morgan fingerprint density at radius 1 is 0.960 bits per heavy atom. The van der Waals surface area contributed by atoms with Crippen molar-refractivity contribution in [1.29, 1.82) is 0 Å². The molecule has 0 radical (unpaired) electrons. The second-order valence-electron chi connectivity index (χ2n) is 6.97. The normalized spacial score (nSPS) is 27.8. The standard InChI is InChI=1S/C20H23NO4/c1-20(2)24-16-13-23-19(18(16)25-20)21(22)17(14-9-5-3-6-10-14)15-11-7-4-8-12-15/h3-12,16-19,22H,13H2,1-2H3/t16-,18-,19-/m1/s1. The van der Waals surface area contributed by atoms with Crippen LogP contribution in [0.15, 0.2) is 60.7 Å². The predicted molar refractivity (Wildman–Crippen MR) is 91.9 cm³/mol. The first-order valence-corrected chi connectivity index (χ1v) is 8.59. The number of hydroxylamine groups is 2.